The highest BCUT2D eigenvalue weighted by Gasteiger charge is 2.24. The zero-order valence-corrected chi connectivity index (χ0v) is 15.2. The molecule has 112 valence electrons. The van der Waals surface area contributed by atoms with Crippen LogP contribution >= 0.6 is 39.1 Å². The minimum absolute atomic E-state index is 0.0141. The minimum atomic E-state index is -3.77. The van der Waals surface area contributed by atoms with Gasteiger partial charge >= 0.3 is 0 Å². The van der Waals surface area contributed by atoms with Crippen molar-refractivity contribution < 1.29 is 8.42 Å². The van der Waals surface area contributed by atoms with Crippen molar-refractivity contribution >= 4 is 54.8 Å². The van der Waals surface area contributed by atoms with Gasteiger partial charge in [-0.3, -0.25) is 4.31 Å². The van der Waals surface area contributed by atoms with Crippen molar-refractivity contribution in [3.63, 3.8) is 0 Å². The fourth-order valence-corrected chi connectivity index (χ4v) is 3.96. The van der Waals surface area contributed by atoms with Crippen LogP contribution in [0.2, 0.25) is 10.0 Å². The van der Waals surface area contributed by atoms with Gasteiger partial charge in [0.05, 0.1) is 10.7 Å². The van der Waals surface area contributed by atoms with E-state index < -0.39 is 10.0 Å². The number of anilines is 1. The molecule has 0 saturated carbocycles. The lowest BCUT2D eigenvalue weighted by Crippen LogP contribution is -2.26. The van der Waals surface area contributed by atoms with E-state index >= 15 is 0 Å². The summed E-state index contributed by atoms with van der Waals surface area (Å²) < 4.78 is 27.4. The van der Waals surface area contributed by atoms with E-state index in [1.807, 2.05) is 6.92 Å². The van der Waals surface area contributed by atoms with Gasteiger partial charge < -0.3 is 0 Å². The second kappa shape index (κ2) is 6.16. The largest absolute Gasteiger partial charge is 0.269 e. The van der Waals surface area contributed by atoms with Gasteiger partial charge in [-0.15, -0.1) is 0 Å². The molecule has 2 aromatic carbocycles. The SMILES string of the molecule is Cc1cc(N(C)S(=O)(=O)c2cc(Cl)ccc2Cl)ccc1Br. The summed E-state index contributed by atoms with van der Waals surface area (Å²) in [6.07, 6.45) is 0. The maximum absolute atomic E-state index is 12.7. The lowest BCUT2D eigenvalue weighted by molar-refractivity contribution is 0.594. The van der Waals surface area contributed by atoms with Gasteiger partial charge in [0, 0.05) is 16.5 Å². The predicted molar refractivity (Wildman–Crippen MR) is 90.9 cm³/mol. The molecule has 0 amide bonds. The van der Waals surface area contributed by atoms with E-state index in [1.54, 1.807) is 24.3 Å². The normalized spacial score (nSPS) is 11.5. The maximum Gasteiger partial charge on any atom is 0.265 e. The highest BCUT2D eigenvalue weighted by atomic mass is 79.9. The van der Waals surface area contributed by atoms with E-state index in [0.29, 0.717) is 10.7 Å². The predicted octanol–water partition coefficient (Wildman–Crippen LogP) is 4.89. The van der Waals surface area contributed by atoms with Crippen LogP contribution in [0.4, 0.5) is 5.69 Å². The molecule has 0 unspecified atom stereocenters. The van der Waals surface area contributed by atoms with Crippen molar-refractivity contribution in [1.29, 1.82) is 0 Å². The fourth-order valence-electron chi connectivity index (χ4n) is 1.79. The molecule has 0 aliphatic rings. The summed E-state index contributed by atoms with van der Waals surface area (Å²) in [7, 11) is -2.29. The van der Waals surface area contributed by atoms with Crippen molar-refractivity contribution in [2.24, 2.45) is 0 Å². The Morgan fingerprint density at radius 3 is 2.38 bits per heavy atom. The van der Waals surface area contributed by atoms with Gasteiger partial charge in [-0.25, -0.2) is 8.42 Å². The molecule has 21 heavy (non-hydrogen) atoms. The van der Waals surface area contributed by atoms with E-state index in [9.17, 15) is 8.42 Å². The molecule has 2 rings (SSSR count). The first kappa shape index (κ1) is 16.6. The molecule has 0 aromatic heterocycles. The number of rotatable bonds is 3. The fraction of sp³-hybridized carbons (Fsp3) is 0.143. The standard InChI is InChI=1S/C14H12BrCl2NO2S/c1-9-7-11(4-5-12(9)15)18(2)21(19,20)14-8-10(16)3-6-13(14)17/h3-8H,1-2H3. The molecule has 0 heterocycles. The third-order valence-corrected chi connectivity index (χ3v) is 6.43. The molecule has 0 N–H and O–H groups in total. The van der Waals surface area contributed by atoms with Gasteiger partial charge in [0.2, 0.25) is 0 Å². The average molecular weight is 409 g/mol. The number of hydrogen-bond donors (Lipinski definition) is 0. The highest BCUT2D eigenvalue weighted by molar-refractivity contribution is 9.10. The highest BCUT2D eigenvalue weighted by Crippen LogP contribution is 2.31. The molecule has 0 aliphatic carbocycles. The average Bonchev–Trinajstić information content (AvgIpc) is 2.43. The Morgan fingerprint density at radius 1 is 1.10 bits per heavy atom. The zero-order valence-electron chi connectivity index (χ0n) is 11.3. The number of hydrogen-bond acceptors (Lipinski definition) is 2. The van der Waals surface area contributed by atoms with Gasteiger partial charge in [-0.05, 0) is 48.9 Å². The second-order valence-electron chi connectivity index (χ2n) is 4.48. The summed E-state index contributed by atoms with van der Waals surface area (Å²) in [6.45, 7) is 1.89. The van der Waals surface area contributed by atoms with E-state index in [2.05, 4.69) is 15.9 Å². The van der Waals surface area contributed by atoms with Crippen molar-refractivity contribution in [1.82, 2.24) is 0 Å². The molecule has 0 bridgehead atoms. The topological polar surface area (TPSA) is 37.4 Å². The number of aryl methyl sites for hydroxylation is 1. The lowest BCUT2D eigenvalue weighted by atomic mass is 10.2. The first-order valence-electron chi connectivity index (χ1n) is 5.93. The molecular formula is C14H12BrCl2NO2S. The first-order chi connectivity index (χ1) is 9.73. The van der Waals surface area contributed by atoms with Crippen molar-refractivity contribution in [3.05, 3.63) is 56.5 Å². The van der Waals surface area contributed by atoms with Crippen LogP contribution < -0.4 is 4.31 Å². The molecule has 0 radical (unpaired) electrons. The molecule has 2 aromatic rings. The summed E-state index contributed by atoms with van der Waals surface area (Å²) >= 11 is 15.3. The van der Waals surface area contributed by atoms with Crippen LogP contribution in [0.25, 0.3) is 0 Å². The van der Waals surface area contributed by atoms with Gasteiger partial charge in [0.15, 0.2) is 0 Å². The molecular weight excluding hydrogens is 397 g/mol. The van der Waals surface area contributed by atoms with Crippen molar-refractivity contribution in [2.45, 2.75) is 11.8 Å². The smallest absolute Gasteiger partial charge is 0.265 e. The number of halogens is 3. The monoisotopic (exact) mass is 407 g/mol. The van der Waals surface area contributed by atoms with Crippen LogP contribution in [0.3, 0.4) is 0 Å². The molecule has 0 atom stereocenters. The van der Waals surface area contributed by atoms with Crippen molar-refractivity contribution in [2.75, 3.05) is 11.4 Å². The molecule has 0 fully saturated rings. The quantitative estimate of drug-likeness (QED) is 0.724. The zero-order chi connectivity index (χ0) is 15.8. The van der Waals surface area contributed by atoms with Crippen LogP contribution in [0.15, 0.2) is 45.8 Å². The third kappa shape index (κ3) is 3.37. The number of nitrogens with zero attached hydrogens (tertiary/aromatic N) is 1. The van der Waals surface area contributed by atoms with Gasteiger partial charge in [-0.2, -0.15) is 0 Å². The summed E-state index contributed by atoms with van der Waals surface area (Å²) in [6, 6.07) is 9.66. The van der Waals surface area contributed by atoms with Gasteiger partial charge in [0.1, 0.15) is 4.90 Å². The molecule has 0 aliphatic heterocycles. The summed E-state index contributed by atoms with van der Waals surface area (Å²) in [5, 5.41) is 0.457. The van der Waals surface area contributed by atoms with Crippen molar-refractivity contribution in [3.8, 4) is 0 Å². The lowest BCUT2D eigenvalue weighted by Gasteiger charge is -2.21. The Balaban J connectivity index is 2.52. The molecule has 0 saturated heterocycles. The van der Waals surface area contributed by atoms with E-state index in [4.69, 9.17) is 23.2 Å². The Morgan fingerprint density at radius 2 is 1.76 bits per heavy atom. The summed E-state index contributed by atoms with van der Waals surface area (Å²) in [5.74, 6) is 0. The maximum atomic E-state index is 12.7. The van der Waals surface area contributed by atoms with Crippen LogP contribution in [0.1, 0.15) is 5.56 Å². The van der Waals surface area contributed by atoms with Gasteiger partial charge in [0.25, 0.3) is 10.0 Å². The Labute approximate surface area is 142 Å². The first-order valence-corrected chi connectivity index (χ1v) is 8.92. The molecule has 7 heteroatoms. The van der Waals surface area contributed by atoms with E-state index in [1.165, 1.54) is 23.5 Å². The number of sulfonamides is 1. The summed E-state index contributed by atoms with van der Waals surface area (Å²) in [5.41, 5.74) is 1.48. The van der Waals surface area contributed by atoms with E-state index in [-0.39, 0.29) is 9.92 Å². The summed E-state index contributed by atoms with van der Waals surface area (Å²) in [4.78, 5) is -0.0141. The Kier molecular flexibility index (Phi) is 4.88. The molecule has 0 spiro atoms. The van der Waals surface area contributed by atoms with E-state index in [0.717, 1.165) is 10.0 Å². The Bertz CT molecular complexity index is 794. The van der Waals surface area contributed by atoms with Crippen LogP contribution in [-0.2, 0) is 10.0 Å². The minimum Gasteiger partial charge on any atom is -0.269 e. The second-order valence-corrected chi connectivity index (χ2v) is 8.12. The molecule has 3 nitrogen and oxygen atoms in total. The van der Waals surface area contributed by atoms with Crippen LogP contribution in [0, 0.1) is 6.92 Å². The van der Waals surface area contributed by atoms with Crippen LogP contribution in [0.5, 0.6) is 0 Å². The van der Waals surface area contributed by atoms with Crippen LogP contribution in [-0.4, -0.2) is 15.5 Å². The Hall–Kier alpha value is -0.750. The van der Waals surface area contributed by atoms with Gasteiger partial charge in [-0.1, -0.05) is 39.1 Å². The number of benzene rings is 2. The third-order valence-electron chi connectivity index (χ3n) is 3.04.